The fourth-order valence-electron chi connectivity index (χ4n) is 8.70. The number of carboxylic acid groups (broad SMARTS) is 1. The number of alkyl carbamates (subject to hydrolysis) is 1. The van der Waals surface area contributed by atoms with Crippen LogP contribution >= 0.6 is 0 Å². The highest BCUT2D eigenvalue weighted by atomic mass is 16.6. The van der Waals surface area contributed by atoms with Crippen molar-refractivity contribution in [2.75, 3.05) is 0 Å². The molecule has 4 saturated carbocycles. The summed E-state index contributed by atoms with van der Waals surface area (Å²) in [5.74, 6) is 1.47. The second kappa shape index (κ2) is 10.8. The maximum atomic E-state index is 13.1. The van der Waals surface area contributed by atoms with Crippen LogP contribution < -0.4 is 5.32 Å². The number of carbonyl (C=O) groups is 3. The van der Waals surface area contributed by atoms with E-state index >= 15 is 0 Å². The lowest BCUT2D eigenvalue weighted by Gasteiger charge is -2.62. The molecule has 0 aromatic carbocycles. The summed E-state index contributed by atoms with van der Waals surface area (Å²) in [6.45, 7) is 10.3. The standard InChI is InChI=1S/C30H49NO6/c1-28(2,3)37-27(35)31-24(11-12-25(32)33)26(34)36-20-13-17-30(5)19(18-20)9-10-21-22-8-6-7-15-29(22,4)16-14-23(21)30/h19-24H,6-18H2,1-5H3,(H,31,35)(H,32,33)/t19-,20-,21+,22?,23+,24+,29+,30+/m1/s1. The minimum atomic E-state index is -1.03. The number of amides is 1. The summed E-state index contributed by atoms with van der Waals surface area (Å²) in [6, 6.07) is -1.03. The number of esters is 1. The van der Waals surface area contributed by atoms with Gasteiger partial charge in [-0.25, -0.2) is 9.59 Å². The van der Waals surface area contributed by atoms with Gasteiger partial charge in [0.05, 0.1) is 0 Å². The highest BCUT2D eigenvalue weighted by molar-refractivity contribution is 5.82. The van der Waals surface area contributed by atoms with Crippen LogP contribution in [0, 0.1) is 34.5 Å². The first-order valence-electron chi connectivity index (χ1n) is 14.7. The number of nitrogens with one attached hydrogen (secondary N) is 1. The lowest BCUT2D eigenvalue weighted by Crippen LogP contribution is -2.55. The molecule has 4 rings (SSSR count). The fourth-order valence-corrected chi connectivity index (χ4v) is 8.70. The predicted octanol–water partition coefficient (Wildman–Crippen LogP) is 6.48. The summed E-state index contributed by atoms with van der Waals surface area (Å²) in [7, 11) is 0. The second-order valence-electron chi connectivity index (χ2n) is 14.1. The van der Waals surface area contributed by atoms with Crippen molar-refractivity contribution in [1.29, 1.82) is 0 Å². The van der Waals surface area contributed by atoms with Gasteiger partial charge in [-0.2, -0.15) is 0 Å². The average Bonchev–Trinajstić information content (AvgIpc) is 2.80. The maximum Gasteiger partial charge on any atom is 0.408 e. The van der Waals surface area contributed by atoms with Crippen LogP contribution in [0.5, 0.6) is 0 Å². The van der Waals surface area contributed by atoms with Crippen LogP contribution in [0.4, 0.5) is 4.79 Å². The first-order valence-corrected chi connectivity index (χ1v) is 14.7. The molecule has 4 aliphatic rings. The average molecular weight is 520 g/mol. The molecule has 4 fully saturated rings. The van der Waals surface area contributed by atoms with Crippen molar-refractivity contribution in [1.82, 2.24) is 5.32 Å². The van der Waals surface area contributed by atoms with E-state index in [0.29, 0.717) is 16.7 Å². The Hall–Kier alpha value is -1.79. The summed E-state index contributed by atoms with van der Waals surface area (Å²) in [4.78, 5) is 36.6. The Morgan fingerprint density at radius 2 is 1.73 bits per heavy atom. The van der Waals surface area contributed by atoms with Gasteiger partial charge in [-0.1, -0.05) is 26.7 Å². The molecule has 0 aromatic rings. The molecule has 0 aromatic heterocycles. The van der Waals surface area contributed by atoms with E-state index in [-0.39, 0.29) is 18.9 Å². The molecular weight excluding hydrogens is 470 g/mol. The zero-order chi connectivity index (χ0) is 27.0. The quantitative estimate of drug-likeness (QED) is 0.390. The summed E-state index contributed by atoms with van der Waals surface area (Å²) in [6.07, 6.45) is 12.4. The number of aliphatic carboxylic acids is 1. The van der Waals surface area contributed by atoms with Gasteiger partial charge in [-0.3, -0.25) is 4.79 Å². The highest BCUT2D eigenvalue weighted by Gasteiger charge is 2.57. The Balaban J connectivity index is 1.38. The van der Waals surface area contributed by atoms with E-state index in [1.807, 2.05) is 0 Å². The summed E-state index contributed by atoms with van der Waals surface area (Å²) in [5.41, 5.74) is 0.135. The Morgan fingerprint density at radius 3 is 2.43 bits per heavy atom. The highest BCUT2D eigenvalue weighted by Crippen LogP contribution is 2.65. The van der Waals surface area contributed by atoms with Gasteiger partial charge in [0.15, 0.2) is 0 Å². The Bertz CT molecular complexity index is 867. The van der Waals surface area contributed by atoms with E-state index in [1.54, 1.807) is 20.8 Å². The van der Waals surface area contributed by atoms with Crippen molar-refractivity contribution in [3.8, 4) is 0 Å². The van der Waals surface area contributed by atoms with Gasteiger partial charge in [0.2, 0.25) is 0 Å². The maximum absolute atomic E-state index is 13.1. The smallest absolute Gasteiger partial charge is 0.408 e. The van der Waals surface area contributed by atoms with Crippen LogP contribution in [0.1, 0.15) is 118 Å². The van der Waals surface area contributed by atoms with E-state index in [4.69, 9.17) is 14.6 Å². The zero-order valence-electron chi connectivity index (χ0n) is 23.6. The molecule has 2 N–H and O–H groups in total. The van der Waals surface area contributed by atoms with Gasteiger partial charge in [0, 0.05) is 6.42 Å². The van der Waals surface area contributed by atoms with Gasteiger partial charge < -0.3 is 19.9 Å². The molecular formula is C30H49NO6. The van der Waals surface area contributed by atoms with Gasteiger partial charge in [-0.15, -0.1) is 0 Å². The van der Waals surface area contributed by atoms with Crippen LogP contribution in [-0.2, 0) is 19.1 Å². The molecule has 7 heteroatoms. The SMILES string of the molecule is CC(C)(C)OC(=O)N[C@@H](CCC(=O)O)C(=O)O[C@@H]1CC[C@@]2(C)[C@H](CC[C@H]3C4CCCC[C@@]4(C)CC[C@@H]32)C1. The van der Waals surface area contributed by atoms with Gasteiger partial charge in [0.1, 0.15) is 17.7 Å². The minimum Gasteiger partial charge on any atom is -0.481 e. The number of hydrogen-bond donors (Lipinski definition) is 2. The van der Waals surface area contributed by atoms with Crippen molar-refractivity contribution in [3.05, 3.63) is 0 Å². The molecule has 0 bridgehead atoms. The molecule has 210 valence electrons. The Labute approximate surface area is 222 Å². The van der Waals surface area contributed by atoms with Gasteiger partial charge in [-0.05, 0) is 119 Å². The molecule has 37 heavy (non-hydrogen) atoms. The Kier molecular flexibility index (Phi) is 8.21. The predicted molar refractivity (Wildman–Crippen MR) is 141 cm³/mol. The normalized spacial score (nSPS) is 38.2. The van der Waals surface area contributed by atoms with E-state index in [2.05, 4.69) is 19.2 Å². The third kappa shape index (κ3) is 6.27. The first-order chi connectivity index (χ1) is 17.3. The van der Waals surface area contributed by atoms with Crippen molar-refractivity contribution in [2.45, 2.75) is 136 Å². The summed E-state index contributed by atoms with van der Waals surface area (Å²) >= 11 is 0. The molecule has 0 aliphatic heterocycles. The van der Waals surface area contributed by atoms with Crippen LogP contribution in [0.25, 0.3) is 0 Å². The number of carboxylic acids is 1. The second-order valence-corrected chi connectivity index (χ2v) is 14.1. The van der Waals surface area contributed by atoms with E-state index in [0.717, 1.165) is 37.0 Å². The number of fused-ring (bicyclic) bond motifs is 5. The van der Waals surface area contributed by atoms with Crippen molar-refractivity contribution < 1.29 is 29.0 Å². The van der Waals surface area contributed by atoms with Crippen LogP contribution in [0.3, 0.4) is 0 Å². The Morgan fingerprint density at radius 1 is 0.973 bits per heavy atom. The topological polar surface area (TPSA) is 102 Å². The van der Waals surface area contributed by atoms with E-state index < -0.39 is 29.7 Å². The third-order valence-corrected chi connectivity index (χ3v) is 10.6. The minimum absolute atomic E-state index is 0.0226. The molecule has 1 amide bonds. The summed E-state index contributed by atoms with van der Waals surface area (Å²) in [5, 5.41) is 11.7. The van der Waals surface area contributed by atoms with Crippen molar-refractivity contribution >= 4 is 18.0 Å². The number of rotatable bonds is 6. The molecule has 8 atom stereocenters. The van der Waals surface area contributed by atoms with E-state index in [1.165, 1.54) is 51.4 Å². The summed E-state index contributed by atoms with van der Waals surface area (Å²) < 4.78 is 11.2. The molecule has 0 saturated heterocycles. The van der Waals surface area contributed by atoms with Crippen molar-refractivity contribution in [2.24, 2.45) is 34.5 Å². The van der Waals surface area contributed by atoms with Gasteiger partial charge in [0.25, 0.3) is 0 Å². The molecule has 1 unspecified atom stereocenters. The lowest BCUT2D eigenvalue weighted by atomic mass is 9.43. The number of ether oxygens (including phenoxy) is 2. The molecule has 0 spiro atoms. The lowest BCUT2D eigenvalue weighted by molar-refractivity contribution is -0.166. The molecule has 7 nitrogen and oxygen atoms in total. The monoisotopic (exact) mass is 519 g/mol. The molecule has 0 heterocycles. The van der Waals surface area contributed by atoms with Crippen LogP contribution in [-0.4, -0.2) is 40.9 Å². The van der Waals surface area contributed by atoms with Crippen LogP contribution in [0.2, 0.25) is 0 Å². The first kappa shape index (κ1) is 28.2. The van der Waals surface area contributed by atoms with Crippen LogP contribution in [0.15, 0.2) is 0 Å². The van der Waals surface area contributed by atoms with Crippen molar-refractivity contribution in [3.63, 3.8) is 0 Å². The molecule has 4 aliphatic carbocycles. The largest absolute Gasteiger partial charge is 0.481 e. The van der Waals surface area contributed by atoms with Gasteiger partial charge >= 0.3 is 18.0 Å². The number of carbonyl (C=O) groups excluding carboxylic acids is 2. The fraction of sp³-hybridized carbons (Fsp3) is 0.900. The number of hydrogen-bond acceptors (Lipinski definition) is 5. The van der Waals surface area contributed by atoms with E-state index in [9.17, 15) is 14.4 Å². The third-order valence-electron chi connectivity index (χ3n) is 10.6. The molecule has 0 radical (unpaired) electrons. The zero-order valence-corrected chi connectivity index (χ0v) is 23.6.